The van der Waals surface area contributed by atoms with Crippen molar-refractivity contribution < 1.29 is 4.74 Å². The number of ether oxygens (including phenoxy) is 1. The van der Waals surface area contributed by atoms with Crippen molar-refractivity contribution in [1.82, 2.24) is 4.98 Å². The fourth-order valence-electron chi connectivity index (χ4n) is 2.72. The van der Waals surface area contributed by atoms with Crippen LogP contribution >= 0.6 is 0 Å². The predicted octanol–water partition coefficient (Wildman–Crippen LogP) is 3.59. The van der Waals surface area contributed by atoms with Gasteiger partial charge in [-0.2, -0.15) is 5.26 Å². The molecule has 2 heterocycles. The molecular weight excluding hydrogens is 262 g/mol. The topological polar surface area (TPSA) is 57.9 Å². The number of nitriles is 1. The molecule has 21 heavy (non-hydrogen) atoms. The lowest BCUT2D eigenvalue weighted by molar-refractivity contribution is 0.181. The highest BCUT2D eigenvalue weighted by atomic mass is 16.5. The number of rotatable bonds is 2. The van der Waals surface area contributed by atoms with E-state index in [-0.39, 0.29) is 12.1 Å². The van der Waals surface area contributed by atoms with Crippen LogP contribution in [0.3, 0.4) is 0 Å². The molecule has 0 aliphatic carbocycles. The van der Waals surface area contributed by atoms with Crippen LogP contribution < -0.4 is 10.1 Å². The highest BCUT2D eigenvalue weighted by Gasteiger charge is 2.25. The minimum absolute atomic E-state index is 0.144. The number of hydrogen-bond donors (Lipinski definition) is 1. The highest BCUT2D eigenvalue weighted by molar-refractivity contribution is 5.48. The van der Waals surface area contributed by atoms with Gasteiger partial charge >= 0.3 is 0 Å². The highest BCUT2D eigenvalue weighted by Crippen LogP contribution is 2.36. The Morgan fingerprint density at radius 3 is 2.95 bits per heavy atom. The molecular formula is C17H17N3O. The van der Waals surface area contributed by atoms with Crippen LogP contribution in [0.5, 0.6) is 5.75 Å². The average Bonchev–Trinajstić information content (AvgIpc) is 2.46. The maximum atomic E-state index is 9.07. The van der Waals surface area contributed by atoms with Gasteiger partial charge in [0.1, 0.15) is 11.6 Å². The van der Waals surface area contributed by atoms with E-state index < -0.39 is 0 Å². The molecule has 0 bridgehead atoms. The van der Waals surface area contributed by atoms with Crippen molar-refractivity contribution in [2.45, 2.75) is 32.4 Å². The lowest BCUT2D eigenvalue weighted by Crippen LogP contribution is -2.27. The van der Waals surface area contributed by atoms with Crippen molar-refractivity contribution in [1.29, 1.82) is 5.26 Å². The molecule has 4 nitrogen and oxygen atoms in total. The summed E-state index contributed by atoms with van der Waals surface area (Å²) >= 11 is 0. The van der Waals surface area contributed by atoms with Crippen molar-refractivity contribution in [3.8, 4) is 11.8 Å². The summed E-state index contributed by atoms with van der Waals surface area (Å²) in [5.41, 5.74) is 2.60. The molecule has 1 aliphatic rings. The van der Waals surface area contributed by atoms with E-state index in [9.17, 15) is 0 Å². The number of anilines is 1. The second-order valence-electron chi connectivity index (χ2n) is 5.39. The Morgan fingerprint density at radius 2 is 2.14 bits per heavy atom. The van der Waals surface area contributed by atoms with E-state index in [1.807, 2.05) is 25.1 Å². The van der Waals surface area contributed by atoms with Gasteiger partial charge < -0.3 is 10.1 Å². The molecule has 2 aromatic rings. The van der Waals surface area contributed by atoms with E-state index >= 15 is 0 Å². The first-order chi connectivity index (χ1) is 10.2. The van der Waals surface area contributed by atoms with Crippen molar-refractivity contribution >= 4 is 5.82 Å². The lowest BCUT2D eigenvalue weighted by Gasteiger charge is -2.31. The van der Waals surface area contributed by atoms with Crippen molar-refractivity contribution in [2.24, 2.45) is 0 Å². The van der Waals surface area contributed by atoms with Gasteiger partial charge in [0.05, 0.1) is 23.8 Å². The first-order valence-corrected chi connectivity index (χ1v) is 7.06. The second kappa shape index (κ2) is 5.45. The van der Waals surface area contributed by atoms with E-state index in [1.54, 1.807) is 12.1 Å². The fourth-order valence-corrected chi connectivity index (χ4v) is 2.72. The van der Waals surface area contributed by atoms with Crippen molar-refractivity contribution in [3.05, 3.63) is 53.2 Å². The van der Waals surface area contributed by atoms with Gasteiger partial charge in [0, 0.05) is 17.7 Å². The minimum atomic E-state index is 0.144. The van der Waals surface area contributed by atoms with E-state index in [0.29, 0.717) is 5.56 Å². The SMILES string of the molecule is Cc1cc(C#N)cc(N[C@@H]2C[C@@H](C)Oc3ccccc32)n1. The molecule has 2 atom stereocenters. The number of benzene rings is 1. The monoisotopic (exact) mass is 279 g/mol. The molecule has 0 spiro atoms. The van der Waals surface area contributed by atoms with Gasteiger partial charge in [-0.25, -0.2) is 4.98 Å². The Bertz CT molecular complexity index is 705. The molecule has 0 saturated heterocycles. The Kier molecular flexibility index (Phi) is 3.49. The summed E-state index contributed by atoms with van der Waals surface area (Å²) < 4.78 is 5.86. The van der Waals surface area contributed by atoms with E-state index in [0.717, 1.165) is 29.2 Å². The summed E-state index contributed by atoms with van der Waals surface area (Å²) in [5.74, 6) is 1.65. The number of para-hydroxylation sites is 1. The van der Waals surface area contributed by atoms with Crippen LogP contribution in [-0.2, 0) is 0 Å². The van der Waals surface area contributed by atoms with Crippen molar-refractivity contribution in [2.75, 3.05) is 5.32 Å². The molecule has 3 rings (SSSR count). The number of nitrogens with one attached hydrogen (secondary N) is 1. The molecule has 0 radical (unpaired) electrons. The maximum Gasteiger partial charge on any atom is 0.128 e. The first kappa shape index (κ1) is 13.4. The minimum Gasteiger partial charge on any atom is -0.490 e. The smallest absolute Gasteiger partial charge is 0.128 e. The summed E-state index contributed by atoms with van der Waals surface area (Å²) in [4.78, 5) is 4.47. The van der Waals surface area contributed by atoms with E-state index in [2.05, 4.69) is 29.4 Å². The zero-order valence-electron chi connectivity index (χ0n) is 12.1. The fraction of sp³-hybridized carbons (Fsp3) is 0.294. The normalized spacial score (nSPS) is 20.0. The Balaban J connectivity index is 1.92. The number of nitrogens with zero attached hydrogens (tertiary/aromatic N) is 2. The molecule has 0 fully saturated rings. The second-order valence-corrected chi connectivity index (χ2v) is 5.39. The van der Waals surface area contributed by atoms with Crippen LogP contribution in [0.1, 0.15) is 36.2 Å². The molecule has 1 aliphatic heterocycles. The Morgan fingerprint density at radius 1 is 1.33 bits per heavy atom. The zero-order chi connectivity index (χ0) is 14.8. The van der Waals surface area contributed by atoms with Gasteiger partial charge in [-0.1, -0.05) is 18.2 Å². The molecule has 0 unspecified atom stereocenters. The van der Waals surface area contributed by atoms with Gasteiger partial charge in [-0.05, 0) is 32.0 Å². The summed E-state index contributed by atoms with van der Waals surface area (Å²) in [6.07, 6.45) is 1.02. The predicted molar refractivity (Wildman–Crippen MR) is 81.2 cm³/mol. The van der Waals surface area contributed by atoms with Gasteiger partial charge in [0.15, 0.2) is 0 Å². The number of aromatic nitrogens is 1. The number of pyridine rings is 1. The molecule has 1 aromatic carbocycles. The number of aryl methyl sites for hydroxylation is 1. The van der Waals surface area contributed by atoms with E-state index in [4.69, 9.17) is 10.00 Å². The first-order valence-electron chi connectivity index (χ1n) is 7.06. The third-order valence-electron chi connectivity index (χ3n) is 3.59. The standard InChI is InChI=1S/C17H17N3O/c1-11-7-13(10-18)9-17(19-11)20-15-8-12(2)21-16-6-4-3-5-14(15)16/h3-7,9,12,15H,8H2,1-2H3,(H,19,20)/t12-,15-/m1/s1. The number of hydrogen-bond acceptors (Lipinski definition) is 4. The lowest BCUT2D eigenvalue weighted by atomic mass is 9.97. The zero-order valence-corrected chi connectivity index (χ0v) is 12.1. The molecule has 1 aromatic heterocycles. The van der Waals surface area contributed by atoms with Crippen LogP contribution in [0, 0.1) is 18.3 Å². The van der Waals surface area contributed by atoms with Gasteiger partial charge in [-0.15, -0.1) is 0 Å². The van der Waals surface area contributed by atoms with Gasteiger partial charge in [0.25, 0.3) is 0 Å². The van der Waals surface area contributed by atoms with Crippen LogP contribution in [-0.4, -0.2) is 11.1 Å². The summed E-state index contributed by atoms with van der Waals surface area (Å²) in [6.45, 7) is 3.96. The molecule has 0 amide bonds. The van der Waals surface area contributed by atoms with Crippen LogP contribution in [0.4, 0.5) is 5.82 Å². The number of fused-ring (bicyclic) bond motifs is 1. The average molecular weight is 279 g/mol. The Hall–Kier alpha value is -2.54. The molecule has 106 valence electrons. The summed E-state index contributed by atoms with van der Waals surface area (Å²) in [5, 5.41) is 12.5. The third kappa shape index (κ3) is 2.82. The molecule has 4 heteroatoms. The summed E-state index contributed by atoms with van der Waals surface area (Å²) in [6, 6.07) is 13.9. The Labute approximate surface area is 124 Å². The van der Waals surface area contributed by atoms with Crippen LogP contribution in [0.25, 0.3) is 0 Å². The quantitative estimate of drug-likeness (QED) is 0.912. The molecule has 1 N–H and O–H groups in total. The maximum absolute atomic E-state index is 9.07. The van der Waals surface area contributed by atoms with E-state index in [1.165, 1.54) is 0 Å². The summed E-state index contributed by atoms with van der Waals surface area (Å²) in [7, 11) is 0. The largest absolute Gasteiger partial charge is 0.490 e. The third-order valence-corrected chi connectivity index (χ3v) is 3.59. The van der Waals surface area contributed by atoms with Gasteiger partial charge in [0.2, 0.25) is 0 Å². The molecule has 0 saturated carbocycles. The van der Waals surface area contributed by atoms with Crippen LogP contribution in [0.15, 0.2) is 36.4 Å². The van der Waals surface area contributed by atoms with Gasteiger partial charge in [-0.3, -0.25) is 0 Å². The van der Waals surface area contributed by atoms with Crippen molar-refractivity contribution in [3.63, 3.8) is 0 Å². The van der Waals surface area contributed by atoms with Crippen LogP contribution in [0.2, 0.25) is 0 Å².